The Hall–Kier alpha value is -2.15. The van der Waals surface area contributed by atoms with Gasteiger partial charge in [-0.1, -0.05) is 18.2 Å². The van der Waals surface area contributed by atoms with E-state index in [-0.39, 0.29) is 11.7 Å². The summed E-state index contributed by atoms with van der Waals surface area (Å²) in [7, 11) is 1.77. The number of benzene rings is 1. The van der Waals surface area contributed by atoms with Gasteiger partial charge in [-0.3, -0.25) is 9.59 Å². The fraction of sp³-hybridized carbons (Fsp3) is 0.444. The normalized spacial score (nSPS) is 16.5. The van der Waals surface area contributed by atoms with Crippen molar-refractivity contribution in [3.63, 3.8) is 0 Å². The number of aryl methyl sites for hydroxylation is 1. The SMILES string of the molecule is CN1C(=O)Cc2cc(C(=O)CSc3nnc4n3CCCCC4)ccc21. The molecule has 1 amide bonds. The molecule has 0 radical (unpaired) electrons. The van der Waals surface area contributed by atoms with Crippen molar-refractivity contribution in [2.45, 2.75) is 43.8 Å². The van der Waals surface area contributed by atoms with Gasteiger partial charge in [-0.15, -0.1) is 10.2 Å². The van der Waals surface area contributed by atoms with Crippen LogP contribution >= 0.6 is 11.8 Å². The van der Waals surface area contributed by atoms with E-state index in [1.807, 2.05) is 12.1 Å². The average molecular weight is 356 g/mol. The number of amides is 1. The van der Waals surface area contributed by atoms with Gasteiger partial charge in [-0.2, -0.15) is 0 Å². The summed E-state index contributed by atoms with van der Waals surface area (Å²) in [6.07, 6.45) is 4.85. The van der Waals surface area contributed by atoms with Gasteiger partial charge >= 0.3 is 0 Å². The van der Waals surface area contributed by atoms with Gasteiger partial charge in [0, 0.05) is 31.3 Å². The van der Waals surface area contributed by atoms with Crippen LogP contribution in [0.5, 0.6) is 0 Å². The van der Waals surface area contributed by atoms with Crippen LogP contribution in [0.1, 0.15) is 41.0 Å². The molecule has 0 bridgehead atoms. The Morgan fingerprint density at radius 1 is 1.24 bits per heavy atom. The molecule has 0 unspecified atom stereocenters. The number of aromatic nitrogens is 3. The van der Waals surface area contributed by atoms with Crippen molar-refractivity contribution < 1.29 is 9.59 Å². The predicted octanol–water partition coefficient (Wildman–Crippen LogP) is 2.50. The largest absolute Gasteiger partial charge is 0.315 e. The quantitative estimate of drug-likeness (QED) is 0.622. The minimum atomic E-state index is 0.0563. The van der Waals surface area contributed by atoms with E-state index in [1.54, 1.807) is 18.0 Å². The lowest BCUT2D eigenvalue weighted by Gasteiger charge is -2.10. The molecule has 2 aliphatic rings. The fourth-order valence-electron chi connectivity index (χ4n) is 3.42. The Bertz CT molecular complexity index is 846. The van der Waals surface area contributed by atoms with Gasteiger partial charge in [-0.25, -0.2) is 0 Å². The molecule has 3 heterocycles. The smallest absolute Gasteiger partial charge is 0.231 e. The molecule has 2 aliphatic heterocycles. The molecule has 0 aliphatic carbocycles. The number of rotatable bonds is 4. The van der Waals surface area contributed by atoms with Crippen LogP contribution in [-0.2, 0) is 24.2 Å². The van der Waals surface area contributed by atoms with E-state index < -0.39 is 0 Å². The van der Waals surface area contributed by atoms with Gasteiger partial charge in [0.2, 0.25) is 5.91 Å². The third kappa shape index (κ3) is 3.08. The zero-order chi connectivity index (χ0) is 17.4. The maximum atomic E-state index is 12.6. The van der Waals surface area contributed by atoms with Crippen LogP contribution in [-0.4, -0.2) is 39.3 Å². The van der Waals surface area contributed by atoms with E-state index in [0.717, 1.165) is 48.0 Å². The summed E-state index contributed by atoms with van der Waals surface area (Å²) in [4.78, 5) is 26.0. The maximum Gasteiger partial charge on any atom is 0.231 e. The first-order valence-electron chi connectivity index (χ1n) is 8.61. The number of likely N-dealkylation sites (N-methyl/N-ethyl adjacent to an activating group) is 1. The highest BCUT2D eigenvalue weighted by Gasteiger charge is 2.25. The summed E-state index contributed by atoms with van der Waals surface area (Å²) in [5, 5.41) is 9.36. The number of hydrogen-bond acceptors (Lipinski definition) is 5. The third-order valence-corrected chi connectivity index (χ3v) is 5.85. The third-order valence-electron chi connectivity index (χ3n) is 4.89. The first-order chi connectivity index (χ1) is 12.1. The molecule has 130 valence electrons. The number of carbonyl (C=O) groups is 2. The average Bonchev–Trinajstić information content (AvgIpc) is 3.02. The van der Waals surface area contributed by atoms with E-state index in [9.17, 15) is 9.59 Å². The molecule has 4 rings (SSSR count). The molecule has 7 heteroatoms. The van der Waals surface area contributed by atoms with Crippen LogP contribution in [0.25, 0.3) is 0 Å². The summed E-state index contributed by atoms with van der Waals surface area (Å²) in [5.41, 5.74) is 2.49. The van der Waals surface area contributed by atoms with Gasteiger partial charge in [0.25, 0.3) is 0 Å². The summed E-state index contributed by atoms with van der Waals surface area (Å²) in [6, 6.07) is 5.52. The van der Waals surface area contributed by atoms with Crippen LogP contribution in [0.4, 0.5) is 5.69 Å². The molecular formula is C18H20N4O2S. The summed E-state index contributed by atoms with van der Waals surface area (Å²) < 4.78 is 2.15. The van der Waals surface area contributed by atoms with E-state index >= 15 is 0 Å². The van der Waals surface area contributed by atoms with Gasteiger partial charge < -0.3 is 9.47 Å². The number of ketones is 1. The number of fused-ring (bicyclic) bond motifs is 2. The van der Waals surface area contributed by atoms with E-state index in [1.165, 1.54) is 18.2 Å². The zero-order valence-electron chi connectivity index (χ0n) is 14.2. The van der Waals surface area contributed by atoms with Gasteiger partial charge in [0.15, 0.2) is 10.9 Å². The Morgan fingerprint density at radius 2 is 2.12 bits per heavy atom. The topological polar surface area (TPSA) is 68.1 Å². The molecule has 0 N–H and O–H groups in total. The van der Waals surface area contributed by atoms with Crippen LogP contribution in [0.15, 0.2) is 23.4 Å². The van der Waals surface area contributed by atoms with Crippen LogP contribution < -0.4 is 4.90 Å². The van der Waals surface area contributed by atoms with Crippen molar-refractivity contribution in [2.75, 3.05) is 17.7 Å². The monoisotopic (exact) mass is 356 g/mol. The molecule has 6 nitrogen and oxygen atoms in total. The van der Waals surface area contributed by atoms with Gasteiger partial charge in [0.05, 0.1) is 12.2 Å². The maximum absolute atomic E-state index is 12.6. The summed E-state index contributed by atoms with van der Waals surface area (Å²) in [5.74, 6) is 1.49. The van der Waals surface area contributed by atoms with E-state index in [2.05, 4.69) is 14.8 Å². The predicted molar refractivity (Wildman–Crippen MR) is 96.2 cm³/mol. The number of nitrogens with zero attached hydrogens (tertiary/aromatic N) is 4. The van der Waals surface area contributed by atoms with E-state index in [4.69, 9.17) is 0 Å². The second-order valence-corrected chi connectivity index (χ2v) is 7.49. The van der Waals surface area contributed by atoms with Crippen molar-refractivity contribution in [1.29, 1.82) is 0 Å². The molecule has 0 fully saturated rings. The summed E-state index contributed by atoms with van der Waals surface area (Å²) >= 11 is 1.45. The second kappa shape index (κ2) is 6.63. The molecule has 2 aromatic rings. The van der Waals surface area contributed by atoms with Gasteiger partial charge in [-0.05, 0) is 36.6 Å². The van der Waals surface area contributed by atoms with Crippen molar-refractivity contribution in [2.24, 2.45) is 0 Å². The zero-order valence-corrected chi connectivity index (χ0v) is 15.0. The lowest BCUT2D eigenvalue weighted by Crippen LogP contribution is -2.20. The van der Waals surface area contributed by atoms with Crippen molar-refractivity contribution >= 4 is 29.1 Å². The molecule has 1 aromatic heterocycles. The van der Waals surface area contributed by atoms with Crippen LogP contribution in [0, 0.1) is 0 Å². The molecule has 1 aromatic carbocycles. The van der Waals surface area contributed by atoms with Crippen LogP contribution in [0.3, 0.4) is 0 Å². The Morgan fingerprint density at radius 3 is 3.00 bits per heavy atom. The Balaban J connectivity index is 1.46. The Labute approximate surface area is 150 Å². The van der Waals surface area contributed by atoms with Crippen molar-refractivity contribution in [1.82, 2.24) is 14.8 Å². The molecule has 25 heavy (non-hydrogen) atoms. The number of hydrogen-bond donors (Lipinski definition) is 0. The highest BCUT2D eigenvalue weighted by Crippen LogP contribution is 2.29. The van der Waals surface area contributed by atoms with Crippen LogP contribution in [0.2, 0.25) is 0 Å². The lowest BCUT2D eigenvalue weighted by molar-refractivity contribution is -0.117. The molecule has 0 saturated carbocycles. The standard InChI is InChI=1S/C18H20N4O2S/c1-21-14-7-6-12(9-13(14)10-17(21)24)15(23)11-25-18-20-19-16-5-3-2-4-8-22(16)18/h6-7,9H,2-5,8,10-11H2,1H3. The number of anilines is 1. The fourth-order valence-corrected chi connectivity index (χ4v) is 4.30. The molecule has 0 atom stereocenters. The summed E-state index contributed by atoms with van der Waals surface area (Å²) in [6.45, 7) is 0.937. The first kappa shape index (κ1) is 16.3. The highest BCUT2D eigenvalue weighted by atomic mass is 32.2. The van der Waals surface area contributed by atoms with Crippen molar-refractivity contribution in [3.8, 4) is 0 Å². The molecule has 0 spiro atoms. The molecular weight excluding hydrogens is 336 g/mol. The van der Waals surface area contributed by atoms with E-state index in [0.29, 0.717) is 17.7 Å². The first-order valence-corrected chi connectivity index (χ1v) is 9.59. The second-order valence-electron chi connectivity index (χ2n) is 6.55. The highest BCUT2D eigenvalue weighted by molar-refractivity contribution is 7.99. The number of carbonyl (C=O) groups excluding carboxylic acids is 2. The minimum Gasteiger partial charge on any atom is -0.315 e. The van der Waals surface area contributed by atoms with Gasteiger partial charge in [0.1, 0.15) is 5.82 Å². The number of thioether (sulfide) groups is 1. The lowest BCUT2D eigenvalue weighted by atomic mass is 10.1. The molecule has 0 saturated heterocycles. The minimum absolute atomic E-state index is 0.0563. The Kier molecular flexibility index (Phi) is 4.33. The van der Waals surface area contributed by atoms with Crippen molar-refractivity contribution in [3.05, 3.63) is 35.2 Å². The number of Topliss-reactive ketones (excluding diaryl/α,β-unsaturated/α-hetero) is 1.